The summed E-state index contributed by atoms with van der Waals surface area (Å²) in [5.74, 6) is 0.878. The van der Waals surface area contributed by atoms with Gasteiger partial charge in [-0.05, 0) is 63.0 Å². The van der Waals surface area contributed by atoms with E-state index in [1.54, 1.807) is 0 Å². The molecule has 0 bridgehead atoms. The van der Waals surface area contributed by atoms with Crippen molar-refractivity contribution in [2.75, 3.05) is 5.32 Å². The number of imidazole rings is 1. The number of nitrogens with zero attached hydrogens (tertiary/aromatic N) is 2. The minimum absolute atomic E-state index is 0.0340. The fourth-order valence-corrected chi connectivity index (χ4v) is 6.78. The zero-order chi connectivity index (χ0) is 27.0. The molecule has 0 unspecified atom stereocenters. The summed E-state index contributed by atoms with van der Waals surface area (Å²) < 4.78 is 2.21. The first-order chi connectivity index (χ1) is 19.5. The fraction of sp³-hybridized carbons (Fsp3) is 0.0833. The second-order valence-corrected chi connectivity index (χ2v) is 11.5. The van der Waals surface area contributed by atoms with E-state index in [4.69, 9.17) is 16.6 Å². The van der Waals surface area contributed by atoms with Crippen molar-refractivity contribution >= 4 is 50.4 Å². The van der Waals surface area contributed by atoms with Gasteiger partial charge in [-0.1, -0.05) is 110 Å². The topological polar surface area (TPSA) is 29.3 Å². The SMILES string of the molecule is CC1(C)c2ccccc2-c2c(-c3ccc4c(c3)c3ccccc3c3ncc(Nc5ccccc5Cl)n43)cccc21. The molecule has 3 nitrogen and oxygen atoms in total. The quantitative estimate of drug-likeness (QED) is 0.228. The first-order valence-electron chi connectivity index (χ1n) is 13.6. The molecule has 1 aliphatic carbocycles. The Bertz CT molecular complexity index is 2140. The zero-order valence-electron chi connectivity index (χ0n) is 22.2. The number of pyridine rings is 1. The number of para-hydroxylation sites is 1. The van der Waals surface area contributed by atoms with Crippen LogP contribution >= 0.6 is 11.6 Å². The highest BCUT2D eigenvalue weighted by Gasteiger charge is 2.36. The number of aromatic nitrogens is 2. The maximum absolute atomic E-state index is 6.50. The number of benzene rings is 5. The average molecular weight is 536 g/mol. The van der Waals surface area contributed by atoms with Gasteiger partial charge < -0.3 is 5.32 Å². The van der Waals surface area contributed by atoms with E-state index in [0.29, 0.717) is 5.02 Å². The summed E-state index contributed by atoms with van der Waals surface area (Å²) in [6.07, 6.45) is 1.89. The Labute approximate surface area is 237 Å². The molecule has 1 N–H and O–H groups in total. The lowest BCUT2D eigenvalue weighted by atomic mass is 9.82. The average Bonchev–Trinajstić information content (AvgIpc) is 3.51. The van der Waals surface area contributed by atoms with Gasteiger partial charge in [0.2, 0.25) is 0 Å². The summed E-state index contributed by atoms with van der Waals surface area (Å²) in [6, 6.07) is 38.8. The summed E-state index contributed by atoms with van der Waals surface area (Å²) in [4.78, 5) is 4.85. The molecule has 0 fully saturated rings. The Balaban J connectivity index is 1.40. The molecule has 0 amide bonds. The Kier molecular flexibility index (Phi) is 4.92. The molecular weight excluding hydrogens is 510 g/mol. The van der Waals surface area contributed by atoms with Gasteiger partial charge in [0, 0.05) is 16.2 Å². The fourth-order valence-electron chi connectivity index (χ4n) is 6.60. The van der Waals surface area contributed by atoms with Gasteiger partial charge in [0.1, 0.15) is 11.5 Å². The van der Waals surface area contributed by atoms with Gasteiger partial charge in [0.25, 0.3) is 0 Å². The van der Waals surface area contributed by atoms with Crippen LogP contribution in [-0.4, -0.2) is 9.38 Å². The third kappa shape index (κ3) is 3.22. The standard InChI is InChI=1S/C36H26ClN3/c1-36(2)28-14-6-5-12-26(28)34-23(13-9-15-29(34)36)22-18-19-32-27(20-22)24-10-3-4-11-25(24)35-38-21-33(40(32)35)39-31-17-8-7-16-30(31)37/h3-21,39H,1-2H3. The predicted molar refractivity (Wildman–Crippen MR) is 168 cm³/mol. The number of anilines is 2. The molecule has 2 heterocycles. The van der Waals surface area contributed by atoms with Crippen LogP contribution in [0, 0.1) is 0 Å². The predicted octanol–water partition coefficient (Wildman–Crippen LogP) is 10.0. The zero-order valence-corrected chi connectivity index (χ0v) is 23.0. The maximum atomic E-state index is 6.50. The van der Waals surface area contributed by atoms with Gasteiger partial charge >= 0.3 is 0 Å². The first kappa shape index (κ1) is 23.3. The van der Waals surface area contributed by atoms with E-state index in [1.807, 2.05) is 30.5 Å². The summed E-state index contributed by atoms with van der Waals surface area (Å²) in [6.45, 7) is 4.66. The molecule has 1 aliphatic rings. The molecule has 0 saturated heterocycles. The number of nitrogens with one attached hydrogen (secondary N) is 1. The van der Waals surface area contributed by atoms with Crippen molar-refractivity contribution in [3.63, 3.8) is 0 Å². The highest BCUT2D eigenvalue weighted by atomic mass is 35.5. The molecule has 8 rings (SSSR count). The van der Waals surface area contributed by atoms with Crippen LogP contribution in [-0.2, 0) is 5.41 Å². The molecule has 7 aromatic rings. The first-order valence-corrected chi connectivity index (χ1v) is 14.0. The molecule has 2 aromatic heterocycles. The van der Waals surface area contributed by atoms with E-state index in [0.717, 1.165) is 28.1 Å². The number of hydrogen-bond acceptors (Lipinski definition) is 2. The smallest absolute Gasteiger partial charge is 0.146 e. The van der Waals surface area contributed by atoms with Crippen LogP contribution < -0.4 is 5.32 Å². The number of halogens is 1. The Morgan fingerprint density at radius 1 is 0.700 bits per heavy atom. The van der Waals surface area contributed by atoms with Gasteiger partial charge in [-0.3, -0.25) is 4.40 Å². The van der Waals surface area contributed by atoms with E-state index in [2.05, 4.69) is 108 Å². The van der Waals surface area contributed by atoms with Gasteiger partial charge in [0.05, 0.1) is 22.4 Å². The van der Waals surface area contributed by atoms with Crippen LogP contribution in [0.1, 0.15) is 25.0 Å². The molecule has 0 aliphatic heterocycles. The molecule has 192 valence electrons. The monoisotopic (exact) mass is 535 g/mol. The summed E-state index contributed by atoms with van der Waals surface area (Å²) in [5.41, 5.74) is 10.8. The molecule has 5 aromatic carbocycles. The van der Waals surface area contributed by atoms with Crippen LogP contribution in [0.15, 0.2) is 115 Å². The third-order valence-corrected chi connectivity index (χ3v) is 8.84. The molecule has 0 saturated carbocycles. The highest BCUT2D eigenvalue weighted by Crippen LogP contribution is 2.52. The normalized spacial score (nSPS) is 13.6. The van der Waals surface area contributed by atoms with Crippen molar-refractivity contribution in [3.05, 3.63) is 132 Å². The van der Waals surface area contributed by atoms with Gasteiger partial charge in [0.15, 0.2) is 0 Å². The van der Waals surface area contributed by atoms with Gasteiger partial charge in [-0.25, -0.2) is 4.98 Å². The van der Waals surface area contributed by atoms with E-state index in [9.17, 15) is 0 Å². The lowest BCUT2D eigenvalue weighted by molar-refractivity contribution is 0.660. The van der Waals surface area contributed by atoms with E-state index < -0.39 is 0 Å². The molecule has 4 heteroatoms. The number of hydrogen-bond donors (Lipinski definition) is 1. The van der Waals surface area contributed by atoms with Crippen molar-refractivity contribution in [2.45, 2.75) is 19.3 Å². The largest absolute Gasteiger partial charge is 0.339 e. The highest BCUT2D eigenvalue weighted by molar-refractivity contribution is 6.33. The maximum Gasteiger partial charge on any atom is 0.146 e. The molecule has 40 heavy (non-hydrogen) atoms. The lowest BCUT2D eigenvalue weighted by Crippen LogP contribution is -2.14. The minimum Gasteiger partial charge on any atom is -0.339 e. The minimum atomic E-state index is -0.0340. The summed E-state index contributed by atoms with van der Waals surface area (Å²) in [7, 11) is 0. The molecular formula is C36H26ClN3. The second-order valence-electron chi connectivity index (χ2n) is 11.1. The van der Waals surface area contributed by atoms with Crippen molar-refractivity contribution in [1.82, 2.24) is 9.38 Å². The van der Waals surface area contributed by atoms with Gasteiger partial charge in [-0.15, -0.1) is 0 Å². The number of rotatable bonds is 3. The Hall–Kier alpha value is -4.60. The van der Waals surface area contributed by atoms with Crippen LogP contribution in [0.5, 0.6) is 0 Å². The second kappa shape index (κ2) is 8.45. The Morgan fingerprint density at radius 3 is 2.30 bits per heavy atom. The number of fused-ring (bicyclic) bond motifs is 9. The van der Waals surface area contributed by atoms with Crippen molar-refractivity contribution < 1.29 is 0 Å². The van der Waals surface area contributed by atoms with E-state index in [-0.39, 0.29) is 5.41 Å². The van der Waals surface area contributed by atoms with Crippen LogP contribution in [0.2, 0.25) is 5.02 Å². The van der Waals surface area contributed by atoms with Crippen LogP contribution in [0.3, 0.4) is 0 Å². The van der Waals surface area contributed by atoms with Crippen LogP contribution in [0.25, 0.3) is 49.6 Å². The molecule has 0 radical (unpaired) electrons. The van der Waals surface area contributed by atoms with E-state index in [1.165, 1.54) is 44.2 Å². The third-order valence-electron chi connectivity index (χ3n) is 8.51. The summed E-state index contributed by atoms with van der Waals surface area (Å²) in [5, 5.41) is 7.68. The molecule has 0 atom stereocenters. The van der Waals surface area contributed by atoms with Crippen molar-refractivity contribution in [1.29, 1.82) is 0 Å². The van der Waals surface area contributed by atoms with Crippen molar-refractivity contribution in [2.24, 2.45) is 0 Å². The van der Waals surface area contributed by atoms with Crippen LogP contribution in [0.4, 0.5) is 11.5 Å². The molecule has 0 spiro atoms. The lowest BCUT2D eigenvalue weighted by Gasteiger charge is -2.21. The summed E-state index contributed by atoms with van der Waals surface area (Å²) >= 11 is 6.50. The van der Waals surface area contributed by atoms with Gasteiger partial charge in [-0.2, -0.15) is 0 Å². The Morgan fingerprint density at radius 2 is 1.43 bits per heavy atom. The van der Waals surface area contributed by atoms with E-state index >= 15 is 0 Å². The van der Waals surface area contributed by atoms with Crippen molar-refractivity contribution in [3.8, 4) is 22.3 Å².